The van der Waals surface area contributed by atoms with Crippen molar-refractivity contribution in [2.24, 2.45) is 0 Å². The number of carbonyl (C=O) groups excluding carboxylic acids is 1. The van der Waals surface area contributed by atoms with Crippen LogP contribution >= 0.6 is 0 Å². The van der Waals surface area contributed by atoms with Crippen molar-refractivity contribution in [2.75, 3.05) is 28.4 Å². The Kier molecular flexibility index (Phi) is 6.57. The molecule has 1 atom stereocenters. The van der Waals surface area contributed by atoms with Crippen molar-refractivity contribution in [2.45, 2.75) is 13.0 Å². The zero-order valence-electron chi connectivity index (χ0n) is 16.5. The Labute approximate surface area is 165 Å². The second-order valence-electron chi connectivity index (χ2n) is 6.06. The number of hydrogen-bond acceptors (Lipinski definition) is 6. The number of methoxy groups -OCH3 is 3. The highest BCUT2D eigenvalue weighted by atomic mass is 19.2. The molecule has 0 fully saturated rings. The third-order valence-corrected chi connectivity index (χ3v) is 4.54. The van der Waals surface area contributed by atoms with E-state index < -0.39 is 34.2 Å². The highest BCUT2D eigenvalue weighted by Crippen LogP contribution is 2.46. The predicted molar refractivity (Wildman–Crippen MR) is 99.6 cm³/mol. The van der Waals surface area contributed by atoms with Gasteiger partial charge >= 0.3 is 5.69 Å². The lowest BCUT2D eigenvalue weighted by molar-refractivity contribution is -0.386. The molecule has 0 aliphatic rings. The van der Waals surface area contributed by atoms with Gasteiger partial charge in [-0.2, -0.15) is 0 Å². The quantitative estimate of drug-likeness (QED) is 0.510. The van der Waals surface area contributed by atoms with E-state index in [0.29, 0.717) is 5.56 Å². The van der Waals surface area contributed by atoms with Crippen LogP contribution in [-0.2, 0) is 0 Å². The molecular formula is C19H20F2N2O6. The number of amides is 1. The third kappa shape index (κ3) is 4.05. The number of rotatable bonds is 7. The van der Waals surface area contributed by atoms with Crippen molar-refractivity contribution >= 4 is 11.6 Å². The number of benzene rings is 2. The number of nitro benzene ring substituents is 1. The van der Waals surface area contributed by atoms with Crippen molar-refractivity contribution in [3.63, 3.8) is 0 Å². The summed E-state index contributed by atoms with van der Waals surface area (Å²) in [6.45, 7) is 1.58. The molecule has 0 aliphatic carbocycles. The van der Waals surface area contributed by atoms with Crippen molar-refractivity contribution in [1.29, 1.82) is 0 Å². The molecule has 1 unspecified atom stereocenters. The molecule has 0 N–H and O–H groups in total. The maximum Gasteiger partial charge on any atom is 0.327 e. The zero-order valence-corrected chi connectivity index (χ0v) is 16.5. The fraction of sp³-hybridized carbons (Fsp3) is 0.316. The largest absolute Gasteiger partial charge is 0.493 e. The summed E-state index contributed by atoms with van der Waals surface area (Å²) < 4.78 is 42.2. The first-order chi connectivity index (χ1) is 13.7. The molecule has 0 aromatic heterocycles. The van der Waals surface area contributed by atoms with Crippen LogP contribution in [0.25, 0.3) is 0 Å². The summed E-state index contributed by atoms with van der Waals surface area (Å²) in [7, 11) is 5.18. The average molecular weight is 410 g/mol. The van der Waals surface area contributed by atoms with Crippen LogP contribution in [0, 0.1) is 21.7 Å². The minimum Gasteiger partial charge on any atom is -0.493 e. The van der Waals surface area contributed by atoms with E-state index in [1.807, 2.05) is 0 Å². The smallest absolute Gasteiger partial charge is 0.327 e. The summed E-state index contributed by atoms with van der Waals surface area (Å²) in [5.41, 5.74) is -0.587. The van der Waals surface area contributed by atoms with Crippen LogP contribution in [-0.4, -0.2) is 44.1 Å². The molecule has 1 amide bonds. The van der Waals surface area contributed by atoms with Gasteiger partial charge in [-0.3, -0.25) is 14.9 Å². The van der Waals surface area contributed by atoms with Gasteiger partial charge in [0.15, 0.2) is 17.4 Å². The Hall–Kier alpha value is -3.43. The molecule has 0 bridgehead atoms. The number of carbonyl (C=O) groups is 1. The second-order valence-corrected chi connectivity index (χ2v) is 6.06. The van der Waals surface area contributed by atoms with Crippen molar-refractivity contribution in [1.82, 2.24) is 4.90 Å². The van der Waals surface area contributed by atoms with E-state index in [1.54, 1.807) is 6.92 Å². The first-order valence-electron chi connectivity index (χ1n) is 8.37. The minimum atomic E-state index is -1.06. The fourth-order valence-corrected chi connectivity index (χ4v) is 2.85. The Morgan fingerprint density at radius 3 is 2.17 bits per heavy atom. The highest BCUT2D eigenvalue weighted by Gasteiger charge is 2.34. The topological polar surface area (TPSA) is 91.1 Å². The summed E-state index contributed by atoms with van der Waals surface area (Å²) in [5.74, 6) is -3.06. The van der Waals surface area contributed by atoms with Gasteiger partial charge in [-0.25, -0.2) is 8.78 Å². The monoisotopic (exact) mass is 410 g/mol. The number of ether oxygens (including phenoxy) is 3. The molecular weight excluding hydrogens is 390 g/mol. The van der Waals surface area contributed by atoms with Crippen LogP contribution in [0.15, 0.2) is 24.3 Å². The van der Waals surface area contributed by atoms with Crippen LogP contribution in [0.4, 0.5) is 14.5 Å². The van der Waals surface area contributed by atoms with Crippen LogP contribution in [0.2, 0.25) is 0 Å². The van der Waals surface area contributed by atoms with E-state index in [4.69, 9.17) is 14.2 Å². The lowest BCUT2D eigenvalue weighted by Gasteiger charge is -2.26. The maximum atomic E-state index is 13.6. The molecule has 2 aromatic rings. The van der Waals surface area contributed by atoms with E-state index in [2.05, 4.69) is 0 Å². The van der Waals surface area contributed by atoms with E-state index in [-0.39, 0.29) is 22.8 Å². The SMILES string of the molecule is COc1cc(C(=O)N(C)C(C)c2ccc(F)c(F)c2)c([N+](=O)[O-])c(OC)c1OC. The van der Waals surface area contributed by atoms with Crippen LogP contribution in [0.1, 0.15) is 28.9 Å². The average Bonchev–Trinajstić information content (AvgIpc) is 2.71. The molecule has 0 saturated heterocycles. The Morgan fingerprint density at radius 2 is 1.69 bits per heavy atom. The number of hydrogen-bond donors (Lipinski definition) is 0. The first kappa shape index (κ1) is 21.9. The Balaban J connectivity index is 2.58. The lowest BCUT2D eigenvalue weighted by atomic mass is 10.0. The molecule has 0 saturated carbocycles. The van der Waals surface area contributed by atoms with E-state index in [0.717, 1.165) is 12.1 Å². The van der Waals surface area contributed by atoms with Gasteiger partial charge in [0.05, 0.1) is 32.3 Å². The Bertz CT molecular complexity index is 951. The molecule has 0 spiro atoms. The normalized spacial score (nSPS) is 11.6. The standard InChI is InChI=1S/C19H20F2N2O6/c1-10(11-6-7-13(20)14(21)8-11)22(2)19(24)12-9-15(27-3)17(28-4)18(29-5)16(12)23(25)26/h6-10H,1-5H3. The van der Waals surface area contributed by atoms with Crippen LogP contribution in [0.3, 0.4) is 0 Å². The summed E-state index contributed by atoms with van der Waals surface area (Å²) in [5, 5.41) is 11.7. The van der Waals surface area contributed by atoms with Crippen LogP contribution < -0.4 is 14.2 Å². The van der Waals surface area contributed by atoms with Gasteiger partial charge < -0.3 is 19.1 Å². The number of nitro groups is 1. The summed E-state index contributed by atoms with van der Waals surface area (Å²) in [4.78, 5) is 25.2. The highest BCUT2D eigenvalue weighted by molar-refractivity contribution is 6.00. The molecule has 2 aromatic carbocycles. The maximum absolute atomic E-state index is 13.6. The number of nitrogens with zero attached hydrogens (tertiary/aromatic N) is 2. The summed E-state index contributed by atoms with van der Waals surface area (Å²) >= 11 is 0. The first-order valence-corrected chi connectivity index (χ1v) is 8.37. The van der Waals surface area contributed by atoms with Gasteiger partial charge in [-0.1, -0.05) is 6.07 Å². The van der Waals surface area contributed by atoms with Crippen molar-refractivity contribution in [3.05, 3.63) is 57.1 Å². The van der Waals surface area contributed by atoms with Gasteiger partial charge in [0, 0.05) is 13.1 Å². The van der Waals surface area contributed by atoms with E-state index in [1.165, 1.54) is 45.4 Å². The molecule has 0 aliphatic heterocycles. The van der Waals surface area contributed by atoms with Gasteiger partial charge in [0.2, 0.25) is 11.5 Å². The van der Waals surface area contributed by atoms with E-state index in [9.17, 15) is 23.7 Å². The lowest BCUT2D eigenvalue weighted by Crippen LogP contribution is -2.30. The molecule has 10 heteroatoms. The minimum absolute atomic E-state index is 0.0328. The summed E-state index contributed by atoms with van der Waals surface area (Å²) in [6, 6.07) is 3.71. The third-order valence-electron chi connectivity index (χ3n) is 4.54. The van der Waals surface area contributed by atoms with Crippen molar-refractivity contribution < 1.29 is 32.7 Å². The van der Waals surface area contributed by atoms with Gasteiger partial charge in [-0.15, -0.1) is 0 Å². The predicted octanol–water partition coefficient (Wildman–Crippen LogP) is 3.73. The van der Waals surface area contributed by atoms with Crippen LogP contribution in [0.5, 0.6) is 17.2 Å². The van der Waals surface area contributed by atoms with Gasteiger partial charge in [-0.05, 0) is 24.6 Å². The molecule has 2 rings (SSSR count). The second kappa shape index (κ2) is 8.72. The fourth-order valence-electron chi connectivity index (χ4n) is 2.85. The van der Waals surface area contributed by atoms with Gasteiger partial charge in [0.1, 0.15) is 5.56 Å². The number of halogens is 2. The molecule has 0 heterocycles. The zero-order chi connectivity index (χ0) is 21.9. The molecule has 29 heavy (non-hydrogen) atoms. The van der Waals surface area contributed by atoms with Crippen molar-refractivity contribution in [3.8, 4) is 17.2 Å². The molecule has 156 valence electrons. The van der Waals surface area contributed by atoms with Gasteiger partial charge in [0.25, 0.3) is 5.91 Å². The van der Waals surface area contributed by atoms with E-state index >= 15 is 0 Å². The summed E-state index contributed by atoms with van der Waals surface area (Å²) in [6.07, 6.45) is 0. The molecule has 0 radical (unpaired) electrons. The molecule has 8 nitrogen and oxygen atoms in total. The Morgan fingerprint density at radius 1 is 1.07 bits per heavy atom.